The van der Waals surface area contributed by atoms with Crippen molar-refractivity contribution in [1.82, 2.24) is 20.0 Å². The fraction of sp³-hybridized carbons (Fsp3) is 0.545. The summed E-state index contributed by atoms with van der Waals surface area (Å²) in [6.07, 6.45) is 3.85. The molecular formula is C22H26ClFN4O4. The van der Waals surface area contributed by atoms with Gasteiger partial charge in [0.25, 0.3) is 11.8 Å². The molecule has 0 radical (unpaired) electrons. The van der Waals surface area contributed by atoms with E-state index >= 15 is 0 Å². The molecule has 8 nitrogen and oxygen atoms in total. The molecule has 1 spiro atoms. The number of rotatable bonds is 5. The lowest BCUT2D eigenvalue weighted by Crippen LogP contribution is -2.50. The Morgan fingerprint density at radius 1 is 1.06 bits per heavy atom. The predicted octanol–water partition coefficient (Wildman–Crippen LogP) is 2.41. The van der Waals surface area contributed by atoms with Crippen molar-refractivity contribution in [2.45, 2.75) is 44.1 Å². The van der Waals surface area contributed by atoms with Crippen LogP contribution in [-0.4, -0.2) is 76.7 Å². The van der Waals surface area contributed by atoms with E-state index in [-0.39, 0.29) is 47.3 Å². The van der Waals surface area contributed by atoms with Gasteiger partial charge in [0.05, 0.1) is 10.6 Å². The molecule has 10 heteroatoms. The molecule has 2 heterocycles. The molecule has 32 heavy (non-hydrogen) atoms. The Labute approximate surface area is 190 Å². The van der Waals surface area contributed by atoms with Crippen LogP contribution in [0.1, 0.15) is 48.9 Å². The van der Waals surface area contributed by atoms with Crippen molar-refractivity contribution < 1.29 is 23.6 Å². The van der Waals surface area contributed by atoms with Gasteiger partial charge in [0.15, 0.2) is 0 Å². The molecule has 172 valence electrons. The fourth-order valence-electron chi connectivity index (χ4n) is 4.74. The molecule has 0 unspecified atom stereocenters. The third-order valence-electron chi connectivity index (χ3n) is 6.56. The van der Waals surface area contributed by atoms with Crippen LogP contribution in [-0.2, 0) is 9.59 Å². The highest BCUT2D eigenvalue weighted by Gasteiger charge is 2.52. The smallest absolute Gasteiger partial charge is 0.325 e. The molecule has 0 aromatic heterocycles. The van der Waals surface area contributed by atoms with Gasteiger partial charge >= 0.3 is 6.03 Å². The summed E-state index contributed by atoms with van der Waals surface area (Å²) >= 11 is 5.99. The average molecular weight is 465 g/mol. The second-order valence-corrected chi connectivity index (χ2v) is 8.98. The highest BCUT2D eigenvalue weighted by atomic mass is 35.5. The van der Waals surface area contributed by atoms with Gasteiger partial charge in [0.2, 0.25) is 5.91 Å². The number of urea groups is 1. The van der Waals surface area contributed by atoms with E-state index in [1.54, 1.807) is 9.80 Å². The summed E-state index contributed by atoms with van der Waals surface area (Å²) in [7, 11) is 0. The van der Waals surface area contributed by atoms with Crippen molar-refractivity contribution in [3.63, 3.8) is 0 Å². The number of hydrogen-bond donors (Lipinski definition) is 1. The van der Waals surface area contributed by atoms with Crippen LogP contribution in [0.2, 0.25) is 5.02 Å². The zero-order valence-electron chi connectivity index (χ0n) is 17.7. The Balaban J connectivity index is 1.23. The second kappa shape index (κ2) is 9.05. The van der Waals surface area contributed by atoms with E-state index in [1.807, 2.05) is 0 Å². The van der Waals surface area contributed by atoms with Gasteiger partial charge in [-0.05, 0) is 37.5 Å². The number of amides is 5. The number of imide groups is 1. The van der Waals surface area contributed by atoms with Crippen LogP contribution < -0.4 is 5.32 Å². The maximum absolute atomic E-state index is 13.2. The second-order valence-electron chi connectivity index (χ2n) is 8.58. The first-order chi connectivity index (χ1) is 15.3. The predicted molar refractivity (Wildman–Crippen MR) is 115 cm³/mol. The first kappa shape index (κ1) is 22.5. The number of benzene rings is 1. The molecule has 1 aromatic carbocycles. The van der Waals surface area contributed by atoms with E-state index in [0.717, 1.165) is 18.9 Å². The van der Waals surface area contributed by atoms with Crippen molar-refractivity contribution in [2.24, 2.45) is 0 Å². The van der Waals surface area contributed by atoms with E-state index in [0.29, 0.717) is 45.4 Å². The molecular weight excluding hydrogens is 439 g/mol. The van der Waals surface area contributed by atoms with Crippen LogP contribution >= 0.6 is 11.6 Å². The zero-order valence-corrected chi connectivity index (χ0v) is 18.5. The highest BCUT2D eigenvalue weighted by Crippen LogP contribution is 2.35. The number of hydrogen-bond acceptors (Lipinski definition) is 4. The van der Waals surface area contributed by atoms with E-state index in [9.17, 15) is 23.6 Å². The van der Waals surface area contributed by atoms with Gasteiger partial charge in [0.1, 0.15) is 11.4 Å². The standard InChI is InChI=1S/C22H26ClFN4O4/c23-17-14-15(24)5-6-16(17)19(30)27-12-10-26(11-13-27)18(29)4-3-9-28-20(31)22(25-21(28)32)7-1-2-8-22/h5-6,14H,1-4,7-13H2,(H,25,32). The summed E-state index contributed by atoms with van der Waals surface area (Å²) in [4.78, 5) is 54.6. The molecule has 4 rings (SSSR count). The van der Waals surface area contributed by atoms with Crippen molar-refractivity contribution in [3.8, 4) is 0 Å². The number of nitrogens with zero attached hydrogens (tertiary/aromatic N) is 3. The molecule has 0 bridgehead atoms. The molecule has 0 atom stereocenters. The van der Waals surface area contributed by atoms with Crippen LogP contribution in [0.4, 0.5) is 9.18 Å². The minimum atomic E-state index is -0.725. The zero-order chi connectivity index (χ0) is 22.9. The van der Waals surface area contributed by atoms with Crippen LogP contribution in [0.25, 0.3) is 0 Å². The largest absolute Gasteiger partial charge is 0.339 e. The third-order valence-corrected chi connectivity index (χ3v) is 6.87. The molecule has 1 aliphatic carbocycles. The normalized spacial score (nSPS) is 20.2. The third kappa shape index (κ3) is 4.30. The molecule has 1 saturated carbocycles. The lowest BCUT2D eigenvalue weighted by Gasteiger charge is -2.35. The van der Waals surface area contributed by atoms with Crippen LogP contribution in [0.15, 0.2) is 18.2 Å². The average Bonchev–Trinajstić information content (AvgIpc) is 3.33. The molecule has 2 aliphatic heterocycles. The van der Waals surface area contributed by atoms with Crippen molar-refractivity contribution >= 4 is 35.4 Å². The Morgan fingerprint density at radius 3 is 2.38 bits per heavy atom. The van der Waals surface area contributed by atoms with Crippen LogP contribution in [0, 0.1) is 5.82 Å². The SMILES string of the molecule is O=C(CCCN1C(=O)NC2(CCCC2)C1=O)N1CCN(C(=O)c2ccc(F)cc2Cl)CC1. The monoisotopic (exact) mass is 464 g/mol. The van der Waals surface area contributed by atoms with Crippen molar-refractivity contribution in [1.29, 1.82) is 0 Å². The quantitative estimate of drug-likeness (QED) is 0.677. The number of carbonyl (C=O) groups excluding carboxylic acids is 4. The van der Waals surface area contributed by atoms with Gasteiger partial charge in [-0.15, -0.1) is 0 Å². The summed E-state index contributed by atoms with van der Waals surface area (Å²) in [5, 5.41) is 2.90. The molecule has 1 N–H and O–H groups in total. The summed E-state index contributed by atoms with van der Waals surface area (Å²) in [6, 6.07) is 3.30. The van der Waals surface area contributed by atoms with Crippen LogP contribution in [0.3, 0.4) is 0 Å². The van der Waals surface area contributed by atoms with E-state index in [1.165, 1.54) is 17.0 Å². The summed E-state index contributed by atoms with van der Waals surface area (Å²) in [5.41, 5.74) is -0.487. The van der Waals surface area contributed by atoms with Gasteiger partial charge in [-0.25, -0.2) is 9.18 Å². The van der Waals surface area contributed by atoms with E-state index in [2.05, 4.69) is 5.32 Å². The Morgan fingerprint density at radius 2 is 1.72 bits per heavy atom. The molecule has 3 aliphatic rings. The Bertz CT molecular complexity index is 942. The highest BCUT2D eigenvalue weighted by molar-refractivity contribution is 6.33. The number of carbonyl (C=O) groups is 4. The first-order valence-electron chi connectivity index (χ1n) is 11.0. The molecule has 1 aromatic rings. The number of halogens is 2. The summed E-state index contributed by atoms with van der Waals surface area (Å²) < 4.78 is 13.2. The van der Waals surface area contributed by atoms with Crippen molar-refractivity contribution in [3.05, 3.63) is 34.6 Å². The van der Waals surface area contributed by atoms with Gasteiger partial charge in [-0.2, -0.15) is 0 Å². The van der Waals surface area contributed by atoms with Crippen LogP contribution in [0.5, 0.6) is 0 Å². The number of piperazine rings is 1. The van der Waals surface area contributed by atoms with Gasteiger partial charge in [0, 0.05) is 39.1 Å². The molecule has 3 fully saturated rings. The minimum absolute atomic E-state index is 0.0633. The van der Waals surface area contributed by atoms with E-state index < -0.39 is 11.4 Å². The Hall–Kier alpha value is -2.68. The number of nitrogens with one attached hydrogen (secondary N) is 1. The first-order valence-corrected chi connectivity index (χ1v) is 11.3. The summed E-state index contributed by atoms with van der Waals surface area (Å²) in [6.45, 7) is 1.70. The summed E-state index contributed by atoms with van der Waals surface area (Å²) in [5.74, 6) is -1.03. The maximum Gasteiger partial charge on any atom is 0.325 e. The minimum Gasteiger partial charge on any atom is -0.339 e. The van der Waals surface area contributed by atoms with Crippen molar-refractivity contribution in [2.75, 3.05) is 32.7 Å². The van der Waals surface area contributed by atoms with Gasteiger partial charge < -0.3 is 15.1 Å². The topological polar surface area (TPSA) is 90.0 Å². The lowest BCUT2D eigenvalue weighted by atomic mass is 9.98. The molecule has 5 amide bonds. The van der Waals surface area contributed by atoms with E-state index in [4.69, 9.17) is 11.6 Å². The fourth-order valence-corrected chi connectivity index (χ4v) is 4.98. The molecule has 2 saturated heterocycles. The Kier molecular flexibility index (Phi) is 6.37. The maximum atomic E-state index is 13.2. The van der Waals surface area contributed by atoms with Gasteiger partial charge in [-0.1, -0.05) is 24.4 Å². The van der Waals surface area contributed by atoms with Gasteiger partial charge in [-0.3, -0.25) is 19.3 Å². The lowest BCUT2D eigenvalue weighted by molar-refractivity contribution is -0.134.